The maximum absolute atomic E-state index is 12.1. The Labute approximate surface area is 151 Å². The van der Waals surface area contributed by atoms with Gasteiger partial charge in [-0.1, -0.05) is 6.07 Å². The Morgan fingerprint density at radius 3 is 2.69 bits per heavy atom. The number of nitrogens with one attached hydrogen (secondary N) is 2. The molecule has 0 saturated carbocycles. The minimum absolute atomic E-state index is 0.0788. The second-order valence-electron chi connectivity index (χ2n) is 5.51. The fourth-order valence-electron chi connectivity index (χ4n) is 2.17. The predicted octanol–water partition coefficient (Wildman–Crippen LogP) is 1.51. The Kier molecular flexibility index (Phi) is 6.78. The highest BCUT2D eigenvalue weighted by molar-refractivity contribution is 5.95. The number of likely N-dealkylation sites (N-methyl/N-ethyl adjacent to an activating group) is 1. The van der Waals surface area contributed by atoms with Crippen molar-refractivity contribution >= 4 is 23.4 Å². The molecule has 0 bridgehead atoms. The van der Waals surface area contributed by atoms with E-state index in [0.29, 0.717) is 11.4 Å². The molecule has 8 nitrogen and oxygen atoms in total. The number of carbonyl (C=O) groups is 3. The molecule has 3 amide bonds. The van der Waals surface area contributed by atoms with E-state index < -0.39 is 0 Å². The van der Waals surface area contributed by atoms with Crippen molar-refractivity contribution in [1.82, 2.24) is 10.2 Å². The Morgan fingerprint density at radius 1 is 1.19 bits per heavy atom. The summed E-state index contributed by atoms with van der Waals surface area (Å²) in [7, 11) is 3.07. The molecule has 2 aromatic rings. The summed E-state index contributed by atoms with van der Waals surface area (Å²) >= 11 is 0. The third-order valence-corrected chi connectivity index (χ3v) is 3.53. The number of amides is 3. The second-order valence-corrected chi connectivity index (χ2v) is 5.51. The van der Waals surface area contributed by atoms with Crippen molar-refractivity contribution < 1.29 is 23.5 Å². The van der Waals surface area contributed by atoms with Crippen LogP contribution in [0.2, 0.25) is 0 Å². The topological polar surface area (TPSA) is 101 Å². The molecule has 138 valence electrons. The fourth-order valence-corrected chi connectivity index (χ4v) is 2.17. The zero-order valence-electron chi connectivity index (χ0n) is 14.7. The van der Waals surface area contributed by atoms with Crippen LogP contribution in [0.15, 0.2) is 47.1 Å². The van der Waals surface area contributed by atoms with Crippen molar-refractivity contribution in [3.05, 3.63) is 48.4 Å². The number of hydrogen-bond donors (Lipinski definition) is 2. The van der Waals surface area contributed by atoms with Crippen LogP contribution in [0, 0.1) is 0 Å². The number of benzene rings is 1. The molecule has 1 aromatic carbocycles. The van der Waals surface area contributed by atoms with Crippen LogP contribution in [0.4, 0.5) is 5.69 Å². The largest absolute Gasteiger partial charge is 0.497 e. The minimum Gasteiger partial charge on any atom is -0.497 e. The van der Waals surface area contributed by atoms with Gasteiger partial charge in [-0.25, -0.2) is 0 Å². The van der Waals surface area contributed by atoms with Crippen LogP contribution in [0.3, 0.4) is 0 Å². The monoisotopic (exact) mass is 359 g/mol. The maximum Gasteiger partial charge on any atom is 0.286 e. The van der Waals surface area contributed by atoms with Crippen LogP contribution in [0.25, 0.3) is 0 Å². The molecule has 0 radical (unpaired) electrons. The number of nitrogens with zero attached hydrogens (tertiary/aromatic N) is 1. The van der Waals surface area contributed by atoms with E-state index in [1.165, 1.54) is 31.4 Å². The standard InChI is InChI=1S/C18H21N3O5/c1-21(12-16(22)20-13-5-3-6-14(11-13)25-2)17(23)8-9-19-18(24)15-7-4-10-26-15/h3-7,10-11H,8-9,12H2,1-2H3,(H,19,24)(H,20,22). The van der Waals surface area contributed by atoms with Crippen molar-refractivity contribution in [1.29, 1.82) is 0 Å². The Bertz CT molecular complexity index is 758. The number of ether oxygens (including phenoxy) is 1. The lowest BCUT2D eigenvalue weighted by Gasteiger charge is -2.17. The summed E-state index contributed by atoms with van der Waals surface area (Å²) in [5.74, 6) is -0.163. The molecule has 0 fully saturated rings. The summed E-state index contributed by atoms with van der Waals surface area (Å²) in [6, 6.07) is 10.1. The van der Waals surface area contributed by atoms with E-state index in [2.05, 4.69) is 10.6 Å². The molecule has 0 atom stereocenters. The lowest BCUT2D eigenvalue weighted by molar-refractivity contribution is -0.133. The van der Waals surface area contributed by atoms with Crippen molar-refractivity contribution in [3.63, 3.8) is 0 Å². The van der Waals surface area contributed by atoms with Crippen LogP contribution in [0.1, 0.15) is 17.0 Å². The molecular weight excluding hydrogens is 338 g/mol. The minimum atomic E-state index is -0.388. The molecule has 0 aliphatic rings. The van der Waals surface area contributed by atoms with Gasteiger partial charge in [0, 0.05) is 31.8 Å². The van der Waals surface area contributed by atoms with Crippen molar-refractivity contribution in [2.75, 3.05) is 32.6 Å². The van der Waals surface area contributed by atoms with Gasteiger partial charge in [-0.05, 0) is 24.3 Å². The van der Waals surface area contributed by atoms with E-state index in [4.69, 9.17) is 9.15 Å². The van der Waals surface area contributed by atoms with Gasteiger partial charge in [0.05, 0.1) is 19.9 Å². The predicted molar refractivity (Wildman–Crippen MR) is 94.9 cm³/mol. The van der Waals surface area contributed by atoms with Gasteiger partial charge < -0.3 is 24.7 Å². The van der Waals surface area contributed by atoms with Crippen molar-refractivity contribution in [2.24, 2.45) is 0 Å². The fraction of sp³-hybridized carbons (Fsp3) is 0.278. The zero-order valence-corrected chi connectivity index (χ0v) is 14.7. The van der Waals surface area contributed by atoms with Crippen molar-refractivity contribution in [2.45, 2.75) is 6.42 Å². The molecule has 2 N–H and O–H groups in total. The summed E-state index contributed by atoms with van der Waals surface area (Å²) in [5.41, 5.74) is 0.584. The zero-order chi connectivity index (χ0) is 18.9. The third-order valence-electron chi connectivity index (χ3n) is 3.53. The molecular formula is C18H21N3O5. The first kappa shape index (κ1) is 19.0. The van der Waals surface area contributed by atoms with E-state index >= 15 is 0 Å². The van der Waals surface area contributed by atoms with Gasteiger partial charge in [0.1, 0.15) is 5.75 Å². The smallest absolute Gasteiger partial charge is 0.286 e. The van der Waals surface area contributed by atoms with E-state index in [0.717, 1.165) is 0 Å². The van der Waals surface area contributed by atoms with Crippen LogP contribution in [-0.4, -0.2) is 49.9 Å². The number of rotatable bonds is 8. The quantitative estimate of drug-likeness (QED) is 0.744. The van der Waals surface area contributed by atoms with Gasteiger partial charge in [0.15, 0.2) is 5.76 Å². The normalized spacial score (nSPS) is 10.1. The summed E-state index contributed by atoms with van der Waals surface area (Å²) in [6.07, 6.45) is 1.48. The summed E-state index contributed by atoms with van der Waals surface area (Å²) < 4.78 is 10.0. The number of carbonyl (C=O) groups excluding carboxylic acids is 3. The molecule has 2 rings (SSSR count). The van der Waals surface area contributed by atoms with Gasteiger partial charge >= 0.3 is 0 Å². The van der Waals surface area contributed by atoms with Gasteiger partial charge in [0.2, 0.25) is 11.8 Å². The van der Waals surface area contributed by atoms with Crippen LogP contribution in [0.5, 0.6) is 5.75 Å². The SMILES string of the molecule is COc1cccc(NC(=O)CN(C)C(=O)CCNC(=O)c2ccco2)c1. The summed E-state index contributed by atoms with van der Waals surface area (Å²) in [5, 5.41) is 5.28. The maximum atomic E-state index is 12.1. The number of hydrogen-bond acceptors (Lipinski definition) is 5. The van der Waals surface area contributed by atoms with Crippen LogP contribution < -0.4 is 15.4 Å². The second kappa shape index (κ2) is 9.26. The van der Waals surface area contributed by atoms with Crippen LogP contribution in [-0.2, 0) is 9.59 Å². The highest BCUT2D eigenvalue weighted by atomic mass is 16.5. The van der Waals surface area contributed by atoms with E-state index in [1.807, 2.05) is 0 Å². The number of furan rings is 1. The molecule has 0 aliphatic carbocycles. The van der Waals surface area contributed by atoms with Crippen molar-refractivity contribution in [3.8, 4) is 5.75 Å². The molecule has 0 spiro atoms. The molecule has 26 heavy (non-hydrogen) atoms. The molecule has 1 aromatic heterocycles. The summed E-state index contributed by atoms with van der Waals surface area (Å²) in [4.78, 5) is 37.1. The Balaban J connectivity index is 1.73. The Hall–Kier alpha value is -3.29. The van der Waals surface area contributed by atoms with Crippen LogP contribution >= 0.6 is 0 Å². The first-order valence-electron chi connectivity index (χ1n) is 7.99. The van der Waals surface area contributed by atoms with E-state index in [9.17, 15) is 14.4 Å². The highest BCUT2D eigenvalue weighted by Crippen LogP contribution is 2.16. The average Bonchev–Trinajstić information content (AvgIpc) is 3.16. The number of anilines is 1. The third kappa shape index (κ3) is 5.66. The van der Waals surface area contributed by atoms with Gasteiger partial charge in [-0.2, -0.15) is 0 Å². The molecule has 1 heterocycles. The molecule has 0 saturated heterocycles. The Morgan fingerprint density at radius 2 is 2.00 bits per heavy atom. The summed E-state index contributed by atoms with van der Waals surface area (Å²) in [6.45, 7) is 0.0579. The molecule has 0 aliphatic heterocycles. The highest BCUT2D eigenvalue weighted by Gasteiger charge is 2.14. The first-order valence-corrected chi connectivity index (χ1v) is 7.99. The van der Waals surface area contributed by atoms with E-state index in [-0.39, 0.29) is 43.0 Å². The van der Waals surface area contributed by atoms with Gasteiger partial charge in [0.25, 0.3) is 5.91 Å². The first-order chi connectivity index (χ1) is 12.5. The lowest BCUT2D eigenvalue weighted by atomic mass is 10.3. The average molecular weight is 359 g/mol. The number of methoxy groups -OCH3 is 1. The lowest BCUT2D eigenvalue weighted by Crippen LogP contribution is -2.37. The van der Waals surface area contributed by atoms with Gasteiger partial charge in [-0.15, -0.1) is 0 Å². The molecule has 8 heteroatoms. The van der Waals surface area contributed by atoms with E-state index in [1.54, 1.807) is 30.3 Å². The molecule has 0 unspecified atom stereocenters. The van der Waals surface area contributed by atoms with Gasteiger partial charge in [-0.3, -0.25) is 14.4 Å².